The molecule has 1 aliphatic heterocycles. The fourth-order valence-electron chi connectivity index (χ4n) is 3.72. The van der Waals surface area contributed by atoms with Crippen LogP contribution in [-0.4, -0.2) is 30.6 Å². The van der Waals surface area contributed by atoms with Gasteiger partial charge in [-0.1, -0.05) is 12.8 Å². The van der Waals surface area contributed by atoms with E-state index in [0.29, 0.717) is 25.7 Å². The zero-order valence-electron chi connectivity index (χ0n) is 14.3. The van der Waals surface area contributed by atoms with Crippen LogP contribution in [0.1, 0.15) is 50.7 Å². The quantitative estimate of drug-likeness (QED) is 0.833. The van der Waals surface area contributed by atoms with Crippen molar-refractivity contribution >= 4 is 5.91 Å². The molecule has 1 amide bonds. The number of benzene rings is 1. The van der Waals surface area contributed by atoms with Crippen molar-refractivity contribution in [1.82, 2.24) is 4.90 Å². The predicted molar refractivity (Wildman–Crippen MR) is 89.9 cm³/mol. The Morgan fingerprint density at radius 2 is 1.70 bits per heavy atom. The Bertz CT molecular complexity index is 564. The number of hydrogen-bond donors (Lipinski definition) is 0. The largest absolute Gasteiger partial charge is 0.490 e. The van der Waals surface area contributed by atoms with E-state index >= 15 is 0 Å². The van der Waals surface area contributed by atoms with E-state index < -0.39 is 0 Å². The smallest absolute Gasteiger partial charge is 0.225 e. The second kappa shape index (κ2) is 7.24. The van der Waals surface area contributed by atoms with Crippen molar-refractivity contribution in [3.63, 3.8) is 0 Å². The highest BCUT2D eigenvalue weighted by Crippen LogP contribution is 2.35. The Balaban J connectivity index is 1.79. The highest BCUT2D eigenvalue weighted by atomic mass is 16.5. The third-order valence-corrected chi connectivity index (χ3v) is 4.89. The molecule has 0 aromatic heterocycles. The van der Waals surface area contributed by atoms with Gasteiger partial charge in [0.2, 0.25) is 5.91 Å². The van der Waals surface area contributed by atoms with Crippen LogP contribution in [0.5, 0.6) is 11.5 Å². The van der Waals surface area contributed by atoms with Crippen LogP contribution in [0, 0.1) is 5.92 Å². The molecule has 1 fully saturated rings. The normalized spacial score (nSPS) is 17.9. The molecule has 0 saturated heterocycles. The number of amides is 1. The van der Waals surface area contributed by atoms with Gasteiger partial charge in [-0.2, -0.15) is 0 Å². The van der Waals surface area contributed by atoms with Crippen molar-refractivity contribution in [1.29, 1.82) is 0 Å². The van der Waals surface area contributed by atoms with Crippen LogP contribution < -0.4 is 9.47 Å². The molecule has 2 aliphatic rings. The van der Waals surface area contributed by atoms with E-state index in [9.17, 15) is 4.79 Å². The maximum Gasteiger partial charge on any atom is 0.225 e. The van der Waals surface area contributed by atoms with Gasteiger partial charge in [-0.05, 0) is 56.4 Å². The summed E-state index contributed by atoms with van der Waals surface area (Å²) in [6.45, 7) is 6.73. The molecule has 0 atom stereocenters. The molecule has 0 bridgehead atoms. The molecule has 4 heteroatoms. The number of hydrogen-bond acceptors (Lipinski definition) is 3. The highest BCUT2D eigenvalue weighted by molar-refractivity contribution is 5.79. The topological polar surface area (TPSA) is 38.8 Å². The van der Waals surface area contributed by atoms with Gasteiger partial charge in [0.05, 0.1) is 13.2 Å². The molecule has 0 unspecified atom stereocenters. The molecular weight excluding hydrogens is 290 g/mol. The van der Waals surface area contributed by atoms with E-state index in [1.54, 1.807) is 0 Å². The first kappa shape index (κ1) is 16.2. The maximum atomic E-state index is 12.7. The van der Waals surface area contributed by atoms with Crippen molar-refractivity contribution in [3.8, 4) is 11.5 Å². The van der Waals surface area contributed by atoms with Crippen molar-refractivity contribution in [3.05, 3.63) is 23.3 Å². The van der Waals surface area contributed by atoms with E-state index in [1.807, 2.05) is 18.7 Å². The van der Waals surface area contributed by atoms with Gasteiger partial charge in [0.15, 0.2) is 11.5 Å². The van der Waals surface area contributed by atoms with E-state index in [0.717, 1.165) is 37.3 Å². The minimum absolute atomic E-state index is 0.255. The predicted octanol–water partition coefficient (Wildman–Crippen LogP) is 3.56. The summed E-state index contributed by atoms with van der Waals surface area (Å²) in [6, 6.07) is 4.17. The molecule has 0 N–H and O–H groups in total. The van der Waals surface area contributed by atoms with Gasteiger partial charge in [0, 0.05) is 19.0 Å². The Labute approximate surface area is 138 Å². The van der Waals surface area contributed by atoms with Crippen LogP contribution in [0.15, 0.2) is 12.1 Å². The summed E-state index contributed by atoms with van der Waals surface area (Å²) < 4.78 is 11.4. The third-order valence-electron chi connectivity index (χ3n) is 4.89. The number of carbonyl (C=O) groups is 1. The Kier molecular flexibility index (Phi) is 5.09. The summed E-state index contributed by atoms with van der Waals surface area (Å²) in [4.78, 5) is 14.7. The lowest BCUT2D eigenvalue weighted by molar-refractivity contribution is -0.136. The summed E-state index contributed by atoms with van der Waals surface area (Å²) in [5.41, 5.74) is 2.49. The molecule has 4 nitrogen and oxygen atoms in total. The lowest BCUT2D eigenvalue weighted by Gasteiger charge is -2.31. The second-order valence-corrected chi connectivity index (χ2v) is 6.42. The van der Waals surface area contributed by atoms with Crippen LogP contribution in [0.25, 0.3) is 0 Å². The van der Waals surface area contributed by atoms with E-state index in [-0.39, 0.29) is 5.92 Å². The second-order valence-electron chi connectivity index (χ2n) is 6.42. The van der Waals surface area contributed by atoms with Gasteiger partial charge >= 0.3 is 0 Å². The SMILES string of the molecule is CCOc1cc2c(cc1OCC)CN(C(=O)C1CCCC1)CC2. The molecule has 0 radical (unpaired) electrons. The van der Waals surface area contributed by atoms with Gasteiger partial charge in [0.25, 0.3) is 0 Å². The van der Waals surface area contributed by atoms with E-state index in [2.05, 4.69) is 12.1 Å². The molecule has 3 rings (SSSR count). The van der Waals surface area contributed by atoms with E-state index in [1.165, 1.54) is 24.0 Å². The van der Waals surface area contributed by atoms with Crippen LogP contribution in [0.4, 0.5) is 0 Å². The summed E-state index contributed by atoms with van der Waals surface area (Å²) >= 11 is 0. The summed E-state index contributed by atoms with van der Waals surface area (Å²) in [5.74, 6) is 2.22. The molecule has 23 heavy (non-hydrogen) atoms. The first-order chi connectivity index (χ1) is 11.2. The van der Waals surface area contributed by atoms with Gasteiger partial charge in [0.1, 0.15) is 0 Å². The van der Waals surface area contributed by atoms with Crippen LogP contribution in [0.3, 0.4) is 0 Å². The highest BCUT2D eigenvalue weighted by Gasteiger charge is 2.29. The summed E-state index contributed by atoms with van der Waals surface area (Å²) in [5, 5.41) is 0. The van der Waals surface area contributed by atoms with Gasteiger partial charge in [-0.3, -0.25) is 4.79 Å². The van der Waals surface area contributed by atoms with Crippen LogP contribution in [-0.2, 0) is 17.8 Å². The summed E-state index contributed by atoms with van der Waals surface area (Å²) in [6.07, 6.45) is 5.44. The van der Waals surface area contributed by atoms with Crippen molar-refractivity contribution < 1.29 is 14.3 Å². The molecule has 1 aromatic rings. The fourth-order valence-corrected chi connectivity index (χ4v) is 3.72. The average Bonchev–Trinajstić information content (AvgIpc) is 3.09. The molecule has 1 heterocycles. The zero-order valence-corrected chi connectivity index (χ0v) is 14.3. The fraction of sp³-hybridized carbons (Fsp3) is 0.632. The first-order valence-corrected chi connectivity index (χ1v) is 8.93. The van der Waals surface area contributed by atoms with Crippen molar-refractivity contribution in [2.75, 3.05) is 19.8 Å². The monoisotopic (exact) mass is 317 g/mol. The third kappa shape index (κ3) is 3.46. The lowest BCUT2D eigenvalue weighted by Crippen LogP contribution is -2.39. The number of ether oxygens (including phenoxy) is 2. The number of carbonyl (C=O) groups excluding carboxylic acids is 1. The standard InChI is InChI=1S/C19H27NO3/c1-3-22-17-11-15-9-10-20(19(21)14-7-5-6-8-14)13-16(15)12-18(17)23-4-2/h11-12,14H,3-10,13H2,1-2H3. The first-order valence-electron chi connectivity index (χ1n) is 8.93. The minimum Gasteiger partial charge on any atom is -0.490 e. The Morgan fingerprint density at radius 1 is 1.09 bits per heavy atom. The maximum absolute atomic E-state index is 12.7. The number of fused-ring (bicyclic) bond motifs is 1. The van der Waals surface area contributed by atoms with Crippen LogP contribution >= 0.6 is 0 Å². The zero-order chi connectivity index (χ0) is 16.2. The molecule has 1 saturated carbocycles. The van der Waals surface area contributed by atoms with Gasteiger partial charge < -0.3 is 14.4 Å². The van der Waals surface area contributed by atoms with Crippen molar-refractivity contribution in [2.45, 2.75) is 52.5 Å². The Hall–Kier alpha value is -1.71. The minimum atomic E-state index is 0.255. The van der Waals surface area contributed by atoms with Crippen LogP contribution in [0.2, 0.25) is 0 Å². The Morgan fingerprint density at radius 3 is 2.30 bits per heavy atom. The molecule has 1 aromatic carbocycles. The van der Waals surface area contributed by atoms with E-state index in [4.69, 9.17) is 9.47 Å². The van der Waals surface area contributed by atoms with Gasteiger partial charge in [-0.25, -0.2) is 0 Å². The van der Waals surface area contributed by atoms with Crippen molar-refractivity contribution in [2.24, 2.45) is 5.92 Å². The van der Waals surface area contributed by atoms with Gasteiger partial charge in [-0.15, -0.1) is 0 Å². The number of nitrogens with zero attached hydrogens (tertiary/aromatic N) is 1. The molecule has 1 aliphatic carbocycles. The summed E-state index contributed by atoms with van der Waals surface area (Å²) in [7, 11) is 0. The number of rotatable bonds is 5. The molecular formula is C19H27NO3. The average molecular weight is 317 g/mol. The molecule has 0 spiro atoms. The lowest BCUT2D eigenvalue weighted by atomic mass is 9.97. The molecule has 126 valence electrons.